The summed E-state index contributed by atoms with van der Waals surface area (Å²) in [6.07, 6.45) is 0.394. The molecule has 0 aromatic heterocycles. The predicted molar refractivity (Wildman–Crippen MR) is 83.7 cm³/mol. The van der Waals surface area contributed by atoms with E-state index in [0.717, 1.165) is 16.3 Å². The molecular formula is C17H19NO4. The Morgan fingerprint density at radius 1 is 1.18 bits per heavy atom. The fourth-order valence-electron chi connectivity index (χ4n) is 2.35. The highest BCUT2D eigenvalue weighted by atomic mass is 16.5. The van der Waals surface area contributed by atoms with Gasteiger partial charge in [0.25, 0.3) is 0 Å². The molecule has 0 radical (unpaired) electrons. The van der Waals surface area contributed by atoms with Gasteiger partial charge in [-0.3, -0.25) is 4.79 Å². The van der Waals surface area contributed by atoms with Crippen LogP contribution in [0.4, 0.5) is 0 Å². The van der Waals surface area contributed by atoms with Gasteiger partial charge in [0.1, 0.15) is 6.04 Å². The van der Waals surface area contributed by atoms with Gasteiger partial charge in [-0.15, -0.1) is 0 Å². The van der Waals surface area contributed by atoms with Crippen molar-refractivity contribution >= 4 is 22.6 Å². The molecule has 5 heteroatoms. The van der Waals surface area contributed by atoms with Crippen molar-refractivity contribution in [1.29, 1.82) is 0 Å². The van der Waals surface area contributed by atoms with Crippen LogP contribution in [-0.4, -0.2) is 36.7 Å². The molecule has 22 heavy (non-hydrogen) atoms. The van der Waals surface area contributed by atoms with Gasteiger partial charge in [0.15, 0.2) is 0 Å². The predicted octanol–water partition coefficient (Wildman–Crippen LogP) is 1.99. The molecule has 0 spiro atoms. The van der Waals surface area contributed by atoms with Gasteiger partial charge in [-0.05, 0) is 16.3 Å². The number of hydrogen-bond donors (Lipinski definition) is 2. The van der Waals surface area contributed by atoms with Crippen molar-refractivity contribution in [3.63, 3.8) is 0 Å². The summed E-state index contributed by atoms with van der Waals surface area (Å²) in [6, 6.07) is 12.6. The average molecular weight is 301 g/mol. The van der Waals surface area contributed by atoms with Crippen LogP contribution < -0.4 is 5.32 Å². The third-order valence-corrected chi connectivity index (χ3v) is 3.47. The standard InChI is InChI=1S/C17H19NO4/c1-22-10-9-16(19)18-15(17(20)21)11-13-7-4-6-12-5-2-3-8-14(12)13/h2-8,15H,9-11H2,1H3,(H,18,19)(H,20,21)/t15-/m0/s1. The monoisotopic (exact) mass is 301 g/mol. The SMILES string of the molecule is COCCC(=O)N[C@@H](Cc1cccc2ccccc12)C(=O)O. The molecule has 0 aliphatic rings. The second-order valence-corrected chi connectivity index (χ2v) is 5.04. The van der Waals surface area contributed by atoms with E-state index >= 15 is 0 Å². The Morgan fingerprint density at radius 3 is 2.64 bits per heavy atom. The third-order valence-electron chi connectivity index (χ3n) is 3.47. The molecule has 0 aliphatic heterocycles. The summed E-state index contributed by atoms with van der Waals surface area (Å²) in [4.78, 5) is 23.1. The summed E-state index contributed by atoms with van der Waals surface area (Å²) in [5.41, 5.74) is 0.901. The van der Waals surface area contributed by atoms with Gasteiger partial charge in [0, 0.05) is 20.0 Å². The number of carbonyl (C=O) groups excluding carboxylic acids is 1. The molecule has 0 saturated carbocycles. The minimum Gasteiger partial charge on any atom is -0.480 e. The minimum atomic E-state index is -1.04. The Labute approximate surface area is 128 Å². The summed E-state index contributed by atoms with van der Waals surface area (Å²) in [5.74, 6) is -1.37. The van der Waals surface area contributed by atoms with E-state index in [1.54, 1.807) is 0 Å². The largest absolute Gasteiger partial charge is 0.480 e. The molecule has 116 valence electrons. The number of carbonyl (C=O) groups is 2. The summed E-state index contributed by atoms with van der Waals surface area (Å²) < 4.78 is 4.82. The average Bonchev–Trinajstić information content (AvgIpc) is 2.52. The lowest BCUT2D eigenvalue weighted by Gasteiger charge is -2.16. The first-order valence-corrected chi connectivity index (χ1v) is 7.09. The molecule has 0 bridgehead atoms. The van der Waals surface area contributed by atoms with Gasteiger partial charge >= 0.3 is 5.97 Å². The number of carboxylic acids is 1. The molecule has 2 N–H and O–H groups in total. The molecule has 0 unspecified atom stereocenters. The van der Waals surface area contributed by atoms with Crippen molar-refractivity contribution in [2.75, 3.05) is 13.7 Å². The second kappa shape index (κ2) is 7.56. The lowest BCUT2D eigenvalue weighted by Crippen LogP contribution is -2.42. The first-order valence-electron chi connectivity index (χ1n) is 7.09. The normalized spacial score (nSPS) is 12.0. The minimum absolute atomic E-state index is 0.149. The van der Waals surface area contributed by atoms with Gasteiger partial charge in [0.05, 0.1) is 6.61 Å². The lowest BCUT2D eigenvalue weighted by atomic mass is 9.98. The van der Waals surface area contributed by atoms with E-state index in [0.29, 0.717) is 0 Å². The maximum Gasteiger partial charge on any atom is 0.326 e. The van der Waals surface area contributed by atoms with Gasteiger partial charge in [0.2, 0.25) is 5.91 Å². The Balaban J connectivity index is 2.16. The maximum atomic E-state index is 11.7. The summed E-state index contributed by atoms with van der Waals surface area (Å²) in [6.45, 7) is 0.270. The van der Waals surface area contributed by atoms with Crippen LogP contribution in [0.3, 0.4) is 0 Å². The molecule has 1 atom stereocenters. The molecule has 2 aromatic rings. The molecule has 0 aliphatic carbocycles. The zero-order valence-corrected chi connectivity index (χ0v) is 12.4. The molecule has 0 fully saturated rings. The van der Waals surface area contributed by atoms with E-state index in [9.17, 15) is 14.7 Å². The summed E-state index contributed by atoms with van der Waals surface area (Å²) >= 11 is 0. The molecule has 5 nitrogen and oxygen atoms in total. The Kier molecular flexibility index (Phi) is 5.49. The van der Waals surface area contributed by atoms with Crippen molar-refractivity contribution in [2.45, 2.75) is 18.9 Å². The fraction of sp³-hybridized carbons (Fsp3) is 0.294. The van der Waals surface area contributed by atoms with E-state index in [4.69, 9.17) is 4.74 Å². The first kappa shape index (κ1) is 16.0. The van der Waals surface area contributed by atoms with Crippen LogP contribution in [0, 0.1) is 0 Å². The first-order chi connectivity index (χ1) is 10.6. The van der Waals surface area contributed by atoms with Crippen LogP contribution in [0.15, 0.2) is 42.5 Å². The summed E-state index contributed by atoms with van der Waals surface area (Å²) in [5, 5.41) is 13.9. The zero-order valence-electron chi connectivity index (χ0n) is 12.4. The number of nitrogens with one attached hydrogen (secondary N) is 1. The van der Waals surface area contributed by atoms with Crippen LogP contribution in [0.1, 0.15) is 12.0 Å². The second-order valence-electron chi connectivity index (χ2n) is 5.04. The number of amides is 1. The highest BCUT2D eigenvalue weighted by Crippen LogP contribution is 2.19. The highest BCUT2D eigenvalue weighted by molar-refractivity contribution is 5.88. The number of hydrogen-bond acceptors (Lipinski definition) is 3. The number of carboxylic acid groups (broad SMARTS) is 1. The van der Waals surface area contributed by atoms with Gasteiger partial charge in [-0.25, -0.2) is 4.79 Å². The van der Waals surface area contributed by atoms with E-state index in [-0.39, 0.29) is 25.4 Å². The van der Waals surface area contributed by atoms with Gasteiger partial charge < -0.3 is 15.2 Å². The maximum absolute atomic E-state index is 11.7. The quantitative estimate of drug-likeness (QED) is 0.820. The van der Waals surface area contributed by atoms with Crippen LogP contribution in [-0.2, 0) is 20.7 Å². The topological polar surface area (TPSA) is 75.6 Å². The molecule has 2 aromatic carbocycles. The molecule has 0 saturated heterocycles. The molecule has 2 rings (SSSR count). The molecule has 0 heterocycles. The smallest absolute Gasteiger partial charge is 0.326 e. The van der Waals surface area contributed by atoms with Gasteiger partial charge in [-0.1, -0.05) is 42.5 Å². The molecule has 1 amide bonds. The Morgan fingerprint density at radius 2 is 1.91 bits per heavy atom. The van der Waals surface area contributed by atoms with E-state index in [1.165, 1.54) is 7.11 Å². The highest BCUT2D eigenvalue weighted by Gasteiger charge is 2.21. The number of benzene rings is 2. The van der Waals surface area contributed by atoms with E-state index in [2.05, 4.69) is 5.32 Å². The number of aliphatic carboxylic acids is 1. The Bertz CT molecular complexity index is 663. The van der Waals surface area contributed by atoms with Gasteiger partial charge in [-0.2, -0.15) is 0 Å². The van der Waals surface area contributed by atoms with E-state index in [1.807, 2.05) is 42.5 Å². The van der Waals surface area contributed by atoms with Crippen LogP contribution >= 0.6 is 0 Å². The van der Waals surface area contributed by atoms with E-state index < -0.39 is 12.0 Å². The van der Waals surface area contributed by atoms with Crippen molar-refractivity contribution in [3.8, 4) is 0 Å². The zero-order chi connectivity index (χ0) is 15.9. The van der Waals surface area contributed by atoms with Crippen molar-refractivity contribution in [2.24, 2.45) is 0 Å². The number of ether oxygens (including phenoxy) is 1. The van der Waals surface area contributed by atoms with Crippen LogP contribution in [0.5, 0.6) is 0 Å². The lowest BCUT2D eigenvalue weighted by molar-refractivity contribution is -0.141. The number of rotatable bonds is 7. The fourth-order valence-corrected chi connectivity index (χ4v) is 2.35. The number of methoxy groups -OCH3 is 1. The number of fused-ring (bicyclic) bond motifs is 1. The third kappa shape index (κ3) is 4.05. The van der Waals surface area contributed by atoms with Crippen molar-refractivity contribution in [3.05, 3.63) is 48.0 Å². The Hall–Kier alpha value is -2.40. The van der Waals surface area contributed by atoms with Crippen molar-refractivity contribution < 1.29 is 19.4 Å². The van der Waals surface area contributed by atoms with Crippen molar-refractivity contribution in [1.82, 2.24) is 5.32 Å². The molecular weight excluding hydrogens is 282 g/mol. The van der Waals surface area contributed by atoms with Crippen LogP contribution in [0.2, 0.25) is 0 Å². The van der Waals surface area contributed by atoms with Crippen LogP contribution in [0.25, 0.3) is 10.8 Å². The summed E-state index contributed by atoms with van der Waals surface area (Å²) in [7, 11) is 1.50.